The van der Waals surface area contributed by atoms with E-state index in [-0.39, 0.29) is 17.6 Å². The van der Waals surface area contributed by atoms with Gasteiger partial charge in [0.25, 0.3) is 5.24 Å². The maximum atomic E-state index is 11.6. The molecule has 7 heteroatoms. The zero-order valence-electron chi connectivity index (χ0n) is 10.3. The Morgan fingerprint density at radius 2 is 2.28 bits per heavy atom. The predicted molar refractivity (Wildman–Crippen MR) is 68.5 cm³/mol. The van der Waals surface area contributed by atoms with Crippen LogP contribution in [0.1, 0.15) is 26.2 Å². The lowest BCUT2D eigenvalue weighted by Crippen LogP contribution is -2.41. The highest BCUT2D eigenvalue weighted by Gasteiger charge is 2.23. The molecule has 6 nitrogen and oxygen atoms in total. The lowest BCUT2D eigenvalue weighted by atomic mass is 10.1. The van der Waals surface area contributed by atoms with Crippen LogP contribution in [0.2, 0.25) is 0 Å². The maximum absolute atomic E-state index is 11.6. The van der Waals surface area contributed by atoms with Crippen molar-refractivity contribution in [1.82, 2.24) is 10.2 Å². The summed E-state index contributed by atoms with van der Waals surface area (Å²) in [6.07, 6.45) is 1.26. The van der Waals surface area contributed by atoms with Crippen molar-refractivity contribution in [1.29, 1.82) is 0 Å². The minimum atomic E-state index is -1.02. The van der Waals surface area contributed by atoms with Gasteiger partial charge in [0.05, 0.1) is 0 Å². The second-order valence-electron chi connectivity index (χ2n) is 4.10. The van der Waals surface area contributed by atoms with E-state index >= 15 is 0 Å². The molecule has 0 bridgehead atoms. The van der Waals surface area contributed by atoms with Crippen molar-refractivity contribution in [3.63, 3.8) is 0 Å². The van der Waals surface area contributed by atoms with Crippen LogP contribution in [0.15, 0.2) is 0 Å². The van der Waals surface area contributed by atoms with Gasteiger partial charge in [-0.1, -0.05) is 25.1 Å². The van der Waals surface area contributed by atoms with Gasteiger partial charge in [-0.3, -0.25) is 9.59 Å². The number of hydrogen-bond donors (Lipinski definition) is 2. The third-order valence-corrected chi connectivity index (χ3v) is 3.56. The first-order valence-corrected chi connectivity index (χ1v) is 6.97. The lowest BCUT2D eigenvalue weighted by molar-refractivity contribution is -0.142. The molecule has 1 atom stereocenters. The smallest absolute Gasteiger partial charge is 0.326 e. The molecule has 1 saturated heterocycles. The van der Waals surface area contributed by atoms with Crippen LogP contribution >= 0.6 is 11.8 Å². The lowest BCUT2D eigenvalue weighted by Gasteiger charge is -2.16. The van der Waals surface area contributed by atoms with Gasteiger partial charge in [-0.15, -0.1) is 0 Å². The summed E-state index contributed by atoms with van der Waals surface area (Å²) in [6, 6.07) is -0.828. The van der Waals surface area contributed by atoms with Gasteiger partial charge in [-0.2, -0.15) is 0 Å². The summed E-state index contributed by atoms with van der Waals surface area (Å²) in [4.78, 5) is 35.3. The molecule has 1 aliphatic heterocycles. The minimum absolute atomic E-state index is 0.00820. The van der Waals surface area contributed by atoms with Gasteiger partial charge in [0.2, 0.25) is 5.91 Å². The van der Waals surface area contributed by atoms with E-state index in [1.807, 2.05) is 6.92 Å². The number of amides is 2. The molecule has 0 aromatic rings. The summed E-state index contributed by atoms with van der Waals surface area (Å²) in [5, 5.41) is 11.4. The van der Waals surface area contributed by atoms with Crippen molar-refractivity contribution < 1.29 is 19.5 Å². The summed E-state index contributed by atoms with van der Waals surface area (Å²) >= 11 is 1.25. The minimum Gasteiger partial charge on any atom is -0.480 e. The van der Waals surface area contributed by atoms with Gasteiger partial charge >= 0.3 is 5.97 Å². The Morgan fingerprint density at radius 1 is 1.56 bits per heavy atom. The van der Waals surface area contributed by atoms with E-state index in [1.165, 1.54) is 11.8 Å². The van der Waals surface area contributed by atoms with Crippen molar-refractivity contribution >= 4 is 28.9 Å². The number of carboxylic acids is 1. The topological polar surface area (TPSA) is 86.7 Å². The Bertz CT molecular complexity index is 335. The van der Waals surface area contributed by atoms with E-state index in [0.717, 1.165) is 5.75 Å². The van der Waals surface area contributed by atoms with Crippen LogP contribution < -0.4 is 5.32 Å². The molecule has 2 N–H and O–H groups in total. The largest absolute Gasteiger partial charge is 0.480 e. The summed E-state index contributed by atoms with van der Waals surface area (Å²) < 4.78 is 0. The Labute approximate surface area is 110 Å². The number of thioether (sulfide) groups is 1. The third-order valence-electron chi connectivity index (χ3n) is 2.66. The van der Waals surface area contributed by atoms with Crippen molar-refractivity contribution in [3.05, 3.63) is 0 Å². The molecular formula is C11H18N2O4S. The summed E-state index contributed by atoms with van der Waals surface area (Å²) in [6.45, 7) is 2.88. The van der Waals surface area contributed by atoms with Crippen LogP contribution in [0.4, 0.5) is 4.79 Å². The van der Waals surface area contributed by atoms with Crippen LogP contribution in [-0.4, -0.2) is 52.0 Å². The molecule has 0 aromatic carbocycles. The standard InChI is InChI=1S/C11H18N2O4S/c1-2-3-8(10(15)16)12-9(14)4-5-13-6-7-18-11(13)17/h8H,2-7H2,1H3,(H,12,14)(H,15,16). The molecule has 18 heavy (non-hydrogen) atoms. The zero-order valence-corrected chi connectivity index (χ0v) is 11.2. The fraction of sp³-hybridized carbons (Fsp3) is 0.727. The second kappa shape index (κ2) is 7.25. The van der Waals surface area contributed by atoms with Crippen LogP contribution in [0.5, 0.6) is 0 Å². The van der Waals surface area contributed by atoms with E-state index in [4.69, 9.17) is 5.11 Å². The molecule has 1 unspecified atom stereocenters. The Morgan fingerprint density at radius 3 is 2.78 bits per heavy atom. The molecule has 2 amide bonds. The number of nitrogens with one attached hydrogen (secondary N) is 1. The Hall–Kier alpha value is -1.24. The average Bonchev–Trinajstić information content (AvgIpc) is 2.71. The fourth-order valence-corrected chi connectivity index (χ4v) is 2.53. The Kier molecular flexibility index (Phi) is 5.97. The van der Waals surface area contributed by atoms with Crippen LogP contribution in [0.25, 0.3) is 0 Å². The second-order valence-corrected chi connectivity index (χ2v) is 5.14. The van der Waals surface area contributed by atoms with Crippen molar-refractivity contribution in [2.24, 2.45) is 0 Å². The molecule has 1 fully saturated rings. The predicted octanol–water partition coefficient (Wildman–Crippen LogP) is 0.915. The van der Waals surface area contributed by atoms with Gasteiger partial charge in [0, 0.05) is 25.3 Å². The summed E-state index contributed by atoms with van der Waals surface area (Å²) in [7, 11) is 0. The molecule has 102 valence electrons. The van der Waals surface area contributed by atoms with Crippen molar-refractivity contribution in [2.45, 2.75) is 32.2 Å². The number of carbonyl (C=O) groups is 3. The average molecular weight is 274 g/mol. The van der Waals surface area contributed by atoms with Gasteiger partial charge in [0.15, 0.2) is 0 Å². The van der Waals surface area contributed by atoms with E-state index in [2.05, 4.69) is 5.32 Å². The fourth-order valence-electron chi connectivity index (χ4n) is 1.68. The molecule has 0 aliphatic carbocycles. The molecule has 1 aliphatic rings. The van der Waals surface area contributed by atoms with Gasteiger partial charge in [0.1, 0.15) is 6.04 Å². The van der Waals surface area contributed by atoms with E-state index in [0.29, 0.717) is 25.9 Å². The Balaban J connectivity index is 2.31. The molecule has 1 rings (SSSR count). The molecule has 1 heterocycles. The van der Waals surface area contributed by atoms with Crippen LogP contribution in [0, 0.1) is 0 Å². The van der Waals surface area contributed by atoms with E-state index in [1.54, 1.807) is 4.90 Å². The molecule has 0 saturated carbocycles. The van der Waals surface area contributed by atoms with Gasteiger partial charge < -0.3 is 15.3 Å². The molecule has 0 spiro atoms. The molecule has 0 aromatic heterocycles. The van der Waals surface area contributed by atoms with Crippen LogP contribution in [0.3, 0.4) is 0 Å². The highest BCUT2D eigenvalue weighted by Crippen LogP contribution is 2.16. The number of carboxylic acid groups (broad SMARTS) is 1. The molecule has 0 radical (unpaired) electrons. The first-order valence-electron chi connectivity index (χ1n) is 5.98. The summed E-state index contributed by atoms with van der Waals surface area (Å²) in [5.41, 5.74) is 0. The zero-order chi connectivity index (χ0) is 13.5. The van der Waals surface area contributed by atoms with Crippen LogP contribution in [-0.2, 0) is 9.59 Å². The number of nitrogens with zero attached hydrogens (tertiary/aromatic N) is 1. The van der Waals surface area contributed by atoms with Crippen molar-refractivity contribution in [3.8, 4) is 0 Å². The summed E-state index contributed by atoms with van der Waals surface area (Å²) in [5.74, 6) is -0.577. The number of rotatable bonds is 7. The first kappa shape index (κ1) is 14.8. The number of aliphatic carboxylic acids is 1. The third kappa shape index (κ3) is 4.56. The number of hydrogen-bond acceptors (Lipinski definition) is 4. The first-order chi connectivity index (χ1) is 8.54. The molecular weight excluding hydrogens is 256 g/mol. The van der Waals surface area contributed by atoms with Crippen molar-refractivity contribution in [2.75, 3.05) is 18.8 Å². The number of carbonyl (C=O) groups excluding carboxylic acids is 2. The highest BCUT2D eigenvalue weighted by atomic mass is 32.2. The monoisotopic (exact) mass is 274 g/mol. The maximum Gasteiger partial charge on any atom is 0.326 e. The SMILES string of the molecule is CCCC(NC(=O)CCN1CCSC1=O)C(=O)O. The normalized spacial score (nSPS) is 16.7. The van der Waals surface area contributed by atoms with E-state index in [9.17, 15) is 14.4 Å². The van der Waals surface area contributed by atoms with Gasteiger partial charge in [-0.05, 0) is 6.42 Å². The quantitative estimate of drug-likeness (QED) is 0.720. The van der Waals surface area contributed by atoms with E-state index < -0.39 is 12.0 Å². The highest BCUT2D eigenvalue weighted by molar-refractivity contribution is 8.13. The van der Waals surface area contributed by atoms with Gasteiger partial charge in [-0.25, -0.2) is 4.79 Å².